The maximum atomic E-state index is 11.7. The van der Waals surface area contributed by atoms with Gasteiger partial charge in [-0.15, -0.1) is 0 Å². The minimum absolute atomic E-state index is 0.169. The molecule has 0 rings (SSSR count). The number of esters is 2. The fourth-order valence-corrected chi connectivity index (χ4v) is 1.47. The Labute approximate surface area is 133 Å². The molecule has 0 aromatic rings. The zero-order chi connectivity index (χ0) is 17.1. The number of allylic oxidation sites excluding steroid dienone is 2. The Balaban J connectivity index is 4.66. The lowest BCUT2D eigenvalue weighted by atomic mass is 10.2. The molecule has 0 aromatic heterocycles. The summed E-state index contributed by atoms with van der Waals surface area (Å²) in [5, 5.41) is 0. The van der Waals surface area contributed by atoms with E-state index < -0.39 is 24.1 Å². The van der Waals surface area contributed by atoms with Crippen LogP contribution in [-0.4, -0.2) is 24.1 Å². The molecule has 0 aromatic carbocycles. The van der Waals surface area contributed by atoms with Crippen LogP contribution in [0.3, 0.4) is 0 Å². The minimum Gasteiger partial charge on any atom is -0.454 e. The van der Waals surface area contributed by atoms with Crippen molar-refractivity contribution in [2.24, 2.45) is 0 Å². The van der Waals surface area contributed by atoms with Crippen molar-refractivity contribution < 1.29 is 19.1 Å². The van der Waals surface area contributed by atoms with Gasteiger partial charge in [-0.2, -0.15) is 0 Å². The number of hydrogen-bond donors (Lipinski definition) is 0. The second-order valence-electron chi connectivity index (χ2n) is 5.35. The molecule has 0 spiro atoms. The third-order valence-electron chi connectivity index (χ3n) is 2.68. The summed E-state index contributed by atoms with van der Waals surface area (Å²) in [4.78, 5) is 23.5. The van der Waals surface area contributed by atoms with Gasteiger partial charge in [0.1, 0.15) is 0 Å². The molecule has 0 amide bonds. The van der Waals surface area contributed by atoms with Crippen LogP contribution in [0.4, 0.5) is 0 Å². The second-order valence-corrected chi connectivity index (χ2v) is 5.35. The van der Waals surface area contributed by atoms with Gasteiger partial charge in [0.2, 0.25) is 0 Å². The van der Waals surface area contributed by atoms with Gasteiger partial charge < -0.3 is 9.47 Å². The van der Waals surface area contributed by atoms with Crippen LogP contribution in [0.25, 0.3) is 0 Å². The third kappa shape index (κ3) is 8.95. The predicted octanol–water partition coefficient (Wildman–Crippen LogP) is 3.89. The quantitative estimate of drug-likeness (QED) is 0.479. The van der Waals surface area contributed by atoms with E-state index in [9.17, 15) is 9.59 Å². The Bertz CT molecular complexity index is 419. The van der Waals surface area contributed by atoms with Crippen LogP contribution in [0.2, 0.25) is 0 Å². The van der Waals surface area contributed by atoms with E-state index in [1.165, 1.54) is 12.2 Å². The second kappa shape index (κ2) is 10.6. The van der Waals surface area contributed by atoms with Crippen LogP contribution in [0.15, 0.2) is 48.6 Å². The highest BCUT2D eigenvalue weighted by Gasteiger charge is 2.23. The minimum atomic E-state index is -0.744. The highest BCUT2D eigenvalue weighted by Crippen LogP contribution is 2.11. The van der Waals surface area contributed by atoms with Crippen molar-refractivity contribution in [3.05, 3.63) is 48.6 Å². The van der Waals surface area contributed by atoms with Gasteiger partial charge in [-0.05, 0) is 39.8 Å². The van der Waals surface area contributed by atoms with Gasteiger partial charge in [-0.3, -0.25) is 9.59 Å². The molecule has 122 valence electrons. The maximum Gasteiger partial charge on any atom is 0.310 e. The van der Waals surface area contributed by atoms with Crippen LogP contribution in [0.5, 0.6) is 0 Å². The van der Waals surface area contributed by atoms with E-state index in [1.807, 2.05) is 27.7 Å². The summed E-state index contributed by atoms with van der Waals surface area (Å²) in [5.74, 6) is -0.809. The molecule has 0 unspecified atom stereocenters. The van der Waals surface area contributed by atoms with Crippen molar-refractivity contribution in [3.8, 4) is 0 Å². The van der Waals surface area contributed by atoms with Gasteiger partial charge in [0, 0.05) is 0 Å². The molecule has 0 aliphatic heterocycles. The summed E-state index contributed by atoms with van der Waals surface area (Å²) in [6.45, 7) is 14.8. The molecule has 0 saturated heterocycles. The smallest absolute Gasteiger partial charge is 0.310 e. The zero-order valence-electron chi connectivity index (χ0n) is 13.9. The summed E-state index contributed by atoms with van der Waals surface area (Å²) in [6, 6.07) is 0. The van der Waals surface area contributed by atoms with Crippen molar-refractivity contribution in [2.45, 2.75) is 52.7 Å². The predicted molar refractivity (Wildman–Crippen MR) is 88.3 cm³/mol. The van der Waals surface area contributed by atoms with E-state index in [0.29, 0.717) is 0 Å². The molecule has 0 aliphatic carbocycles. The Morgan fingerprint density at radius 2 is 1.14 bits per heavy atom. The molecular formula is C18H26O4. The van der Waals surface area contributed by atoms with Crippen molar-refractivity contribution in [1.29, 1.82) is 0 Å². The molecule has 0 bridgehead atoms. The molecule has 2 atom stereocenters. The van der Waals surface area contributed by atoms with Crippen LogP contribution in [0.1, 0.15) is 40.5 Å². The Morgan fingerprint density at radius 1 is 0.818 bits per heavy atom. The van der Waals surface area contributed by atoms with Crippen molar-refractivity contribution >= 4 is 11.9 Å². The topological polar surface area (TPSA) is 52.6 Å². The van der Waals surface area contributed by atoms with Gasteiger partial charge in [0.15, 0.2) is 12.2 Å². The van der Waals surface area contributed by atoms with E-state index in [1.54, 1.807) is 12.2 Å². The summed E-state index contributed by atoms with van der Waals surface area (Å²) in [5.41, 5.74) is 2.06. The monoisotopic (exact) mass is 306 g/mol. The average molecular weight is 306 g/mol. The van der Waals surface area contributed by atoms with Gasteiger partial charge in [0.25, 0.3) is 0 Å². The molecule has 0 saturated carbocycles. The molecule has 0 radical (unpaired) electrons. The number of carbonyl (C=O) groups is 2. The van der Waals surface area contributed by atoms with Crippen LogP contribution in [0, 0.1) is 0 Å². The van der Waals surface area contributed by atoms with E-state index in [-0.39, 0.29) is 12.8 Å². The maximum absolute atomic E-state index is 11.7. The fourth-order valence-electron chi connectivity index (χ4n) is 1.47. The van der Waals surface area contributed by atoms with Crippen molar-refractivity contribution in [3.63, 3.8) is 0 Å². The molecular weight excluding hydrogens is 280 g/mol. The van der Waals surface area contributed by atoms with Gasteiger partial charge in [-0.1, -0.05) is 36.5 Å². The largest absolute Gasteiger partial charge is 0.454 e. The highest BCUT2D eigenvalue weighted by molar-refractivity contribution is 5.73. The normalized spacial score (nSPS) is 12.4. The molecule has 4 nitrogen and oxygen atoms in total. The molecule has 0 N–H and O–H groups in total. The Morgan fingerprint density at radius 3 is 1.36 bits per heavy atom. The first-order valence-corrected chi connectivity index (χ1v) is 7.21. The molecule has 0 aliphatic rings. The number of ether oxygens (including phenoxy) is 2. The first kappa shape index (κ1) is 19.9. The lowest BCUT2D eigenvalue weighted by Gasteiger charge is -2.21. The highest BCUT2D eigenvalue weighted by atomic mass is 16.6. The summed E-state index contributed by atoms with van der Waals surface area (Å²) < 4.78 is 10.5. The van der Waals surface area contributed by atoms with Crippen LogP contribution >= 0.6 is 0 Å². The Hall–Kier alpha value is -2.10. The summed E-state index contributed by atoms with van der Waals surface area (Å²) in [7, 11) is 0. The lowest BCUT2D eigenvalue weighted by Crippen LogP contribution is -2.32. The third-order valence-corrected chi connectivity index (χ3v) is 2.68. The van der Waals surface area contributed by atoms with Crippen LogP contribution in [-0.2, 0) is 19.1 Å². The standard InChI is InChI=1S/C18H26O4/c1-7-15(21-17(19)11-9-13(3)4)16(8-2)22-18(20)12-10-14(5)6/h7-10,15-16H,1-2,11-12H2,3-6H3/t15-,16+. The van der Waals surface area contributed by atoms with E-state index in [2.05, 4.69) is 13.2 Å². The van der Waals surface area contributed by atoms with E-state index in [4.69, 9.17) is 9.47 Å². The molecule has 4 heteroatoms. The van der Waals surface area contributed by atoms with E-state index in [0.717, 1.165) is 11.1 Å². The zero-order valence-corrected chi connectivity index (χ0v) is 13.9. The number of hydrogen-bond acceptors (Lipinski definition) is 4. The molecule has 0 heterocycles. The van der Waals surface area contributed by atoms with Crippen molar-refractivity contribution in [2.75, 3.05) is 0 Å². The first-order chi connectivity index (χ1) is 10.3. The number of carbonyl (C=O) groups excluding carboxylic acids is 2. The molecule has 22 heavy (non-hydrogen) atoms. The fraction of sp³-hybridized carbons (Fsp3) is 0.444. The van der Waals surface area contributed by atoms with Gasteiger partial charge >= 0.3 is 11.9 Å². The van der Waals surface area contributed by atoms with Crippen LogP contribution < -0.4 is 0 Å². The van der Waals surface area contributed by atoms with Gasteiger partial charge in [-0.25, -0.2) is 0 Å². The first-order valence-electron chi connectivity index (χ1n) is 7.21. The molecule has 0 fully saturated rings. The summed E-state index contributed by atoms with van der Waals surface area (Å²) in [6.07, 6.45) is 5.25. The van der Waals surface area contributed by atoms with E-state index >= 15 is 0 Å². The average Bonchev–Trinajstić information content (AvgIpc) is 2.46. The van der Waals surface area contributed by atoms with Crippen molar-refractivity contribution in [1.82, 2.24) is 0 Å². The SMILES string of the molecule is C=C[C@H](OC(=O)CC=C(C)C)[C@@H](C=C)OC(=O)CC=C(C)C. The number of rotatable bonds is 9. The Kier molecular flexibility index (Phi) is 9.59. The lowest BCUT2D eigenvalue weighted by molar-refractivity contribution is -0.160. The van der Waals surface area contributed by atoms with Gasteiger partial charge in [0.05, 0.1) is 12.8 Å². The summed E-state index contributed by atoms with van der Waals surface area (Å²) >= 11 is 0.